The number of carbonyl (C=O) groups is 3. The van der Waals surface area contributed by atoms with E-state index in [0.717, 1.165) is 18.4 Å². The van der Waals surface area contributed by atoms with Crippen molar-refractivity contribution in [2.45, 2.75) is 50.3 Å². The molecule has 2 aromatic rings. The van der Waals surface area contributed by atoms with Gasteiger partial charge in [-0.3, -0.25) is 9.59 Å². The number of benzene rings is 2. The molecule has 40 heavy (non-hydrogen) atoms. The molecule has 0 aliphatic carbocycles. The Hall–Kier alpha value is -3.50. The third-order valence-corrected chi connectivity index (χ3v) is 8.86. The molecule has 2 heterocycles. The Morgan fingerprint density at radius 2 is 1.50 bits per heavy atom. The second kappa shape index (κ2) is 14.2. The van der Waals surface area contributed by atoms with Crippen LogP contribution in [0.15, 0.2) is 65.6 Å². The van der Waals surface area contributed by atoms with Crippen molar-refractivity contribution in [3.8, 4) is 0 Å². The quantitative estimate of drug-likeness (QED) is 0.232. The first kappa shape index (κ1) is 31.0. The molecule has 0 N–H and O–H groups in total. The molecule has 0 radical (unpaired) electrons. The smallest absolute Gasteiger partial charge is 0.338 e. The van der Waals surface area contributed by atoms with Crippen LogP contribution in [-0.4, -0.2) is 64.5 Å². The van der Waals surface area contributed by atoms with Crippen LogP contribution in [0.1, 0.15) is 53.6 Å². The summed E-state index contributed by atoms with van der Waals surface area (Å²) in [6.07, 6.45) is 5.95. The minimum Gasteiger partial charge on any atom is -0.468 e. The monoisotopic (exact) mass is 571 g/mol. The molecule has 2 aliphatic heterocycles. The van der Waals surface area contributed by atoms with E-state index < -0.39 is 33.3 Å². The molecule has 4 rings (SSSR count). The van der Waals surface area contributed by atoms with Crippen molar-refractivity contribution in [1.29, 1.82) is 0 Å². The first-order valence-electron chi connectivity index (χ1n) is 13.3. The minimum absolute atomic E-state index is 0.0443. The fourth-order valence-corrected chi connectivity index (χ4v) is 6.03. The van der Waals surface area contributed by atoms with Gasteiger partial charge in [-0.05, 0) is 62.4 Å². The summed E-state index contributed by atoms with van der Waals surface area (Å²) in [5.74, 6) is -2.01. The van der Waals surface area contributed by atoms with Crippen LogP contribution in [0.5, 0.6) is 0 Å². The lowest BCUT2D eigenvalue weighted by molar-refractivity contribution is -0.169. The van der Waals surface area contributed by atoms with Gasteiger partial charge >= 0.3 is 17.9 Å². The topological polar surface area (TPSA) is 116 Å². The maximum absolute atomic E-state index is 13.5. The SMILES string of the molecule is COC(=O)C1(C(=O)OC)C/C=C\CN(S(=O)(=O)c2ccc(C)cc2)CCCCCCOC(=O)c2ccc(cc2)C1. The predicted molar refractivity (Wildman–Crippen MR) is 149 cm³/mol. The summed E-state index contributed by atoms with van der Waals surface area (Å²) in [6, 6.07) is 13.2. The Morgan fingerprint density at radius 1 is 0.875 bits per heavy atom. The van der Waals surface area contributed by atoms with E-state index in [-0.39, 0.29) is 37.4 Å². The van der Waals surface area contributed by atoms with Gasteiger partial charge < -0.3 is 14.2 Å². The number of nitrogens with zero attached hydrogens (tertiary/aromatic N) is 1. The van der Waals surface area contributed by atoms with E-state index in [1.807, 2.05) is 6.92 Å². The van der Waals surface area contributed by atoms with Gasteiger partial charge in [0.05, 0.1) is 31.3 Å². The average molecular weight is 572 g/mol. The van der Waals surface area contributed by atoms with Gasteiger partial charge in [-0.15, -0.1) is 0 Å². The molecule has 0 aromatic heterocycles. The van der Waals surface area contributed by atoms with E-state index >= 15 is 0 Å². The van der Waals surface area contributed by atoms with E-state index in [1.165, 1.54) is 18.5 Å². The van der Waals surface area contributed by atoms with Gasteiger partial charge in [0.1, 0.15) is 0 Å². The summed E-state index contributed by atoms with van der Waals surface area (Å²) < 4.78 is 43.8. The Bertz CT molecular complexity index is 1280. The minimum atomic E-state index is -3.79. The summed E-state index contributed by atoms with van der Waals surface area (Å²) in [4.78, 5) is 38.7. The summed E-state index contributed by atoms with van der Waals surface area (Å²) in [6.45, 7) is 2.48. The molecule has 0 saturated heterocycles. The third-order valence-electron chi connectivity index (χ3n) is 6.98. The fourth-order valence-electron chi connectivity index (χ4n) is 4.60. The zero-order valence-corrected chi connectivity index (χ0v) is 24.1. The Labute approximate surface area is 236 Å². The van der Waals surface area contributed by atoms with E-state index in [4.69, 9.17) is 14.2 Å². The molecule has 2 bridgehead atoms. The molecule has 10 heteroatoms. The summed E-state index contributed by atoms with van der Waals surface area (Å²) >= 11 is 0. The van der Waals surface area contributed by atoms with Crippen LogP contribution in [0.2, 0.25) is 0 Å². The highest BCUT2D eigenvalue weighted by molar-refractivity contribution is 7.89. The highest BCUT2D eigenvalue weighted by Gasteiger charge is 2.47. The Morgan fingerprint density at radius 3 is 2.12 bits per heavy atom. The van der Waals surface area contributed by atoms with Crippen LogP contribution in [0.25, 0.3) is 0 Å². The van der Waals surface area contributed by atoms with Crippen molar-refractivity contribution < 1.29 is 37.0 Å². The number of allylic oxidation sites excluding steroid dienone is 1. The van der Waals surface area contributed by atoms with E-state index in [9.17, 15) is 22.8 Å². The number of sulfonamides is 1. The van der Waals surface area contributed by atoms with Crippen LogP contribution in [-0.2, 0) is 40.2 Å². The maximum atomic E-state index is 13.5. The van der Waals surface area contributed by atoms with Crippen molar-refractivity contribution in [1.82, 2.24) is 4.31 Å². The first-order chi connectivity index (χ1) is 19.1. The number of esters is 3. The van der Waals surface area contributed by atoms with E-state index in [2.05, 4.69) is 0 Å². The van der Waals surface area contributed by atoms with Crippen LogP contribution >= 0.6 is 0 Å². The molecule has 0 atom stereocenters. The van der Waals surface area contributed by atoms with Crippen LogP contribution < -0.4 is 0 Å². The lowest BCUT2D eigenvalue weighted by atomic mass is 9.78. The number of hydrogen-bond donors (Lipinski definition) is 0. The van der Waals surface area contributed by atoms with Gasteiger partial charge in [-0.25, -0.2) is 13.2 Å². The predicted octanol–water partition coefficient (Wildman–Crippen LogP) is 4.24. The van der Waals surface area contributed by atoms with Crippen molar-refractivity contribution in [3.63, 3.8) is 0 Å². The van der Waals surface area contributed by atoms with Gasteiger partial charge in [0.2, 0.25) is 10.0 Å². The molecule has 2 aliphatic rings. The van der Waals surface area contributed by atoms with Gasteiger partial charge in [0.25, 0.3) is 0 Å². The van der Waals surface area contributed by atoms with E-state index in [0.29, 0.717) is 24.0 Å². The van der Waals surface area contributed by atoms with Crippen LogP contribution in [0.4, 0.5) is 0 Å². The molecule has 0 fully saturated rings. The third kappa shape index (κ3) is 7.57. The zero-order chi connectivity index (χ0) is 29.2. The normalized spacial score (nSPS) is 18.4. The zero-order valence-electron chi connectivity index (χ0n) is 23.3. The van der Waals surface area contributed by atoms with Crippen molar-refractivity contribution in [3.05, 3.63) is 77.4 Å². The molecule has 9 nitrogen and oxygen atoms in total. The van der Waals surface area contributed by atoms with Gasteiger partial charge in [-0.1, -0.05) is 54.8 Å². The number of hydrogen-bond acceptors (Lipinski definition) is 8. The maximum Gasteiger partial charge on any atom is 0.338 e. The summed E-state index contributed by atoms with van der Waals surface area (Å²) in [7, 11) is -1.40. The first-order valence-corrected chi connectivity index (χ1v) is 14.7. The lowest BCUT2D eigenvalue weighted by Crippen LogP contribution is -2.43. The van der Waals surface area contributed by atoms with Crippen LogP contribution in [0.3, 0.4) is 0 Å². The average Bonchev–Trinajstić information content (AvgIpc) is 2.96. The molecular weight excluding hydrogens is 534 g/mol. The van der Waals surface area contributed by atoms with Gasteiger partial charge in [0, 0.05) is 13.1 Å². The number of fused-ring (bicyclic) bond motifs is 15. The molecule has 2 aromatic carbocycles. The summed E-state index contributed by atoms with van der Waals surface area (Å²) in [5, 5.41) is 0. The second-order valence-electron chi connectivity index (χ2n) is 9.84. The highest BCUT2D eigenvalue weighted by Crippen LogP contribution is 2.32. The van der Waals surface area contributed by atoms with Crippen molar-refractivity contribution >= 4 is 27.9 Å². The van der Waals surface area contributed by atoms with E-state index in [1.54, 1.807) is 60.7 Å². The summed E-state index contributed by atoms with van der Waals surface area (Å²) in [5.41, 5.74) is 0.222. The molecule has 0 unspecified atom stereocenters. The number of rotatable bonds is 4. The highest BCUT2D eigenvalue weighted by atomic mass is 32.2. The number of aryl methyl sites for hydroxylation is 1. The van der Waals surface area contributed by atoms with Crippen molar-refractivity contribution in [2.75, 3.05) is 33.9 Å². The molecule has 0 amide bonds. The lowest BCUT2D eigenvalue weighted by Gasteiger charge is -2.27. The second-order valence-corrected chi connectivity index (χ2v) is 11.8. The number of methoxy groups -OCH3 is 2. The van der Waals surface area contributed by atoms with Gasteiger partial charge in [-0.2, -0.15) is 4.31 Å². The largest absolute Gasteiger partial charge is 0.468 e. The molecule has 0 saturated carbocycles. The standard InChI is InChI=1S/C30H37NO8S/c1-23-10-16-26(17-11-23)40(35,36)31-19-7-4-5-9-21-39-27(32)25-14-12-24(13-15-25)22-30(28(33)37-2,29(34)38-3)18-6-8-20-31/h6,8,10-17H,4-5,7,9,18-22H2,1-3H3/b8-6-. The molecular formula is C30H37NO8S. The fraction of sp³-hybridized carbons (Fsp3) is 0.433. The Balaban J connectivity index is 1.96. The number of ether oxygens (including phenoxy) is 3. The Kier molecular flexibility index (Phi) is 11.0. The van der Waals surface area contributed by atoms with Crippen molar-refractivity contribution in [2.24, 2.45) is 5.41 Å². The van der Waals surface area contributed by atoms with Crippen LogP contribution in [0, 0.1) is 12.3 Å². The van der Waals surface area contributed by atoms with Gasteiger partial charge in [0.15, 0.2) is 5.41 Å². The molecule has 216 valence electrons. The molecule has 0 spiro atoms. The number of carbonyl (C=O) groups excluding carboxylic acids is 3.